The number of aryl methyl sites for hydroxylation is 8. The van der Waals surface area contributed by atoms with E-state index in [-0.39, 0.29) is 28.4 Å². The smallest absolute Gasteiger partial charge is 0.216 e. The molecule has 4 fully saturated rings. The fraction of sp³-hybridized carbons (Fsp3) is 0.384. The van der Waals surface area contributed by atoms with Crippen molar-refractivity contribution < 1.29 is 4.79 Å². The molecule has 0 saturated heterocycles. The summed E-state index contributed by atoms with van der Waals surface area (Å²) in [5, 5.41) is 50.1. The Balaban J connectivity index is 0.000000109. The Bertz CT molecular complexity index is 5790. The van der Waals surface area contributed by atoms with Crippen LogP contribution in [-0.4, -0.2) is 107 Å². The Morgan fingerprint density at radius 2 is 0.611 bits per heavy atom. The highest BCUT2D eigenvalue weighted by atomic mass is 35.5. The standard InChI is InChI=1S/C22H22ClN5OS.C22H24ClN5S.2C21H21ClN4S/c1-11-12(2)30-20-18(11)19(15-5-7-17(23)8-6-15)25-22(9-16(22)10-24-14(4)29)21-27-26-13(3)28(20)21;1-5-24-11-16-10-22(16)21-27-26-14(4)28(21)20-18(12(2)13(3)29-20)19(25-22)15-6-8-17(23)9-7-15;2*1-5-15-10-21(15)20-25-24-13(4)26(20)19-17(11(2)12(3)27-19)18(23-21)14-6-8-16(22)9-7-14/h5-8,16H,9-10H2,1-4H3,(H,24,29);6-9,16,24H,5,10-11H2,1-4H3;2*6-9,15H,5,10H2,1-4H3/t2*16-,22-;2*15-,21+/m0000/s1. The van der Waals surface area contributed by atoms with E-state index in [9.17, 15) is 4.79 Å². The molecule has 4 aliphatic carbocycles. The van der Waals surface area contributed by atoms with Gasteiger partial charge < -0.3 is 10.6 Å². The Labute approximate surface area is 694 Å². The van der Waals surface area contributed by atoms with Gasteiger partial charge in [-0.1, -0.05) is 129 Å². The van der Waals surface area contributed by atoms with Crippen molar-refractivity contribution in [2.75, 3.05) is 19.6 Å². The summed E-state index contributed by atoms with van der Waals surface area (Å²) < 4.78 is 8.92. The van der Waals surface area contributed by atoms with E-state index in [0.29, 0.717) is 29.3 Å². The van der Waals surface area contributed by atoms with Gasteiger partial charge >= 0.3 is 0 Å². The first-order valence-corrected chi connectivity index (χ1v) is 43.5. The van der Waals surface area contributed by atoms with Gasteiger partial charge in [-0.25, -0.2) is 0 Å². The molecule has 0 unspecified atom stereocenters. The van der Waals surface area contributed by atoms with Crippen LogP contribution >= 0.6 is 91.8 Å². The van der Waals surface area contributed by atoms with Gasteiger partial charge in [-0.05, 0) is 198 Å². The minimum absolute atomic E-state index is 0.0317. The number of rotatable bonds is 11. The van der Waals surface area contributed by atoms with E-state index in [1.165, 1.54) is 73.5 Å². The highest BCUT2D eigenvalue weighted by Crippen LogP contribution is 2.63. The zero-order valence-electron chi connectivity index (χ0n) is 66.1. The molecule has 20 rings (SSSR count). The Hall–Kier alpha value is -8.49. The predicted octanol–water partition coefficient (Wildman–Crippen LogP) is 19.5. The molecule has 4 aliphatic heterocycles. The van der Waals surface area contributed by atoms with E-state index in [1.54, 1.807) is 52.3 Å². The molecule has 0 radical (unpaired) electrons. The van der Waals surface area contributed by atoms with Gasteiger partial charge in [-0.15, -0.1) is 86.1 Å². The van der Waals surface area contributed by atoms with E-state index in [0.717, 1.165) is 169 Å². The van der Waals surface area contributed by atoms with Crippen molar-refractivity contribution in [2.24, 2.45) is 43.6 Å². The molecule has 8 aromatic heterocycles. The van der Waals surface area contributed by atoms with Crippen LogP contribution in [0.15, 0.2) is 117 Å². The molecule has 4 saturated carbocycles. The monoisotopic (exact) mass is 1660 g/mol. The van der Waals surface area contributed by atoms with Crippen LogP contribution in [0.5, 0.6) is 0 Å². The molecule has 1 amide bonds. The molecule has 4 spiro atoms. The second kappa shape index (κ2) is 29.0. The molecular weight excluding hydrogens is 1570 g/mol. The van der Waals surface area contributed by atoms with Crippen LogP contribution in [0, 0.1) is 107 Å². The van der Waals surface area contributed by atoms with Crippen molar-refractivity contribution in [3.8, 4) is 20.0 Å². The van der Waals surface area contributed by atoms with Gasteiger partial charge in [0.2, 0.25) is 5.91 Å². The first kappa shape index (κ1) is 77.1. The number of hydrogen-bond acceptors (Lipinski definition) is 18. The fourth-order valence-corrected chi connectivity index (χ4v) is 22.5. The molecule has 2 N–H and O–H groups in total. The maximum Gasteiger partial charge on any atom is 0.216 e. The first-order chi connectivity index (χ1) is 54.2. The molecule has 113 heavy (non-hydrogen) atoms. The van der Waals surface area contributed by atoms with Crippen LogP contribution in [0.25, 0.3) is 20.0 Å². The number of nitrogens with one attached hydrogen (secondary N) is 2. The average Bonchev–Trinajstić information content (AvgIpc) is 1.55. The van der Waals surface area contributed by atoms with Crippen LogP contribution in [0.1, 0.15) is 199 Å². The molecule has 8 atom stereocenters. The summed E-state index contributed by atoms with van der Waals surface area (Å²) in [6.07, 6.45) is 6.07. The molecule has 12 heterocycles. The van der Waals surface area contributed by atoms with Gasteiger partial charge in [0.25, 0.3) is 0 Å². The van der Waals surface area contributed by atoms with Gasteiger partial charge in [0, 0.05) is 116 Å². The van der Waals surface area contributed by atoms with Crippen molar-refractivity contribution in [2.45, 2.75) is 171 Å². The maximum absolute atomic E-state index is 11.5. The maximum atomic E-state index is 11.5. The van der Waals surface area contributed by atoms with E-state index in [4.69, 9.17) is 66.4 Å². The number of carbonyl (C=O) groups is 1. The fourth-order valence-electron chi connectivity index (χ4n) is 17.2. The minimum Gasteiger partial charge on any atom is -0.356 e. The van der Waals surface area contributed by atoms with Crippen molar-refractivity contribution in [3.05, 3.63) is 250 Å². The second-order valence-electron chi connectivity index (χ2n) is 31.2. The van der Waals surface area contributed by atoms with Crippen LogP contribution in [0.3, 0.4) is 0 Å². The summed E-state index contributed by atoms with van der Waals surface area (Å²) in [6.45, 7) is 36.1. The molecular formula is C86H88Cl4N18OS4. The molecule has 12 aromatic rings. The molecule has 0 bridgehead atoms. The quantitative estimate of drug-likeness (QED) is 0.125. The second-order valence-corrected chi connectivity index (χ2v) is 37.8. The van der Waals surface area contributed by atoms with Gasteiger partial charge in [0.1, 0.15) is 65.5 Å². The topological polar surface area (TPSA) is 213 Å². The zero-order valence-corrected chi connectivity index (χ0v) is 72.4. The number of thiophene rings is 4. The lowest BCUT2D eigenvalue weighted by Gasteiger charge is -2.13. The van der Waals surface area contributed by atoms with Gasteiger partial charge in [-0.2, -0.15) is 0 Å². The average molecular weight is 1660 g/mol. The zero-order chi connectivity index (χ0) is 79.4. The van der Waals surface area contributed by atoms with Crippen molar-refractivity contribution >= 4 is 121 Å². The van der Waals surface area contributed by atoms with Crippen molar-refractivity contribution in [1.29, 1.82) is 0 Å². The number of aromatic nitrogens is 12. The third-order valence-electron chi connectivity index (χ3n) is 24.3. The van der Waals surface area contributed by atoms with Crippen LogP contribution in [0.2, 0.25) is 20.1 Å². The van der Waals surface area contributed by atoms with E-state index in [1.807, 2.05) is 88.4 Å². The lowest BCUT2D eigenvalue weighted by molar-refractivity contribution is -0.119. The minimum atomic E-state index is -0.488. The SMILES string of the molecule is CC(=O)NC[C@@H]1C[C@]12N=C(c1ccc(Cl)cc1)c1c(sc(C)c1C)-n1c(C)nnc12.CCNC[C@@H]1C[C@]12N=C(c1ccc(Cl)cc1)c1c(sc(C)c1C)-n1c(C)nnc12.CC[C@H]1C[C@@]12N=C(c1ccc(Cl)cc1)c1c(sc(C)c1C)-n1c(C)nnc12.CC[C@H]1C[C@@]12N=C(c1ccc(Cl)cc1)c1c(sc(C)c1C)-n1c(C)nnc12. The van der Waals surface area contributed by atoms with Gasteiger partial charge in [-0.3, -0.25) is 43.0 Å². The third-order valence-corrected chi connectivity index (χ3v) is 30.1. The number of aliphatic imine (C=N–C) groups is 4. The first-order valence-electron chi connectivity index (χ1n) is 38.7. The summed E-state index contributed by atoms with van der Waals surface area (Å²) >= 11 is 31.8. The van der Waals surface area contributed by atoms with Crippen LogP contribution < -0.4 is 10.6 Å². The Morgan fingerprint density at radius 3 is 0.841 bits per heavy atom. The summed E-state index contributed by atoms with van der Waals surface area (Å²) in [6, 6.07) is 32.0. The third kappa shape index (κ3) is 12.8. The van der Waals surface area contributed by atoms with E-state index >= 15 is 0 Å². The number of halogens is 4. The number of fused-ring (bicyclic) bond motifs is 16. The van der Waals surface area contributed by atoms with Crippen LogP contribution in [0.4, 0.5) is 0 Å². The lowest BCUT2D eigenvalue weighted by atomic mass is 9.99. The number of hydrogen-bond donors (Lipinski definition) is 2. The van der Waals surface area contributed by atoms with E-state index in [2.05, 4.69) is 182 Å². The highest BCUT2D eigenvalue weighted by molar-refractivity contribution is 7.16. The molecule has 8 aliphatic rings. The van der Waals surface area contributed by atoms with Crippen molar-refractivity contribution in [1.82, 2.24) is 69.7 Å². The number of amides is 1. The summed E-state index contributed by atoms with van der Waals surface area (Å²) in [7, 11) is 0. The summed E-state index contributed by atoms with van der Waals surface area (Å²) in [5.74, 6) is 9.06. The largest absolute Gasteiger partial charge is 0.356 e. The number of nitrogens with zero attached hydrogens (tertiary/aromatic N) is 16. The summed E-state index contributed by atoms with van der Waals surface area (Å²) in [5.41, 5.74) is 17.0. The van der Waals surface area contributed by atoms with Crippen LogP contribution in [-0.2, 0) is 27.0 Å². The normalized spacial score (nSPS) is 22.4. The van der Waals surface area contributed by atoms with E-state index < -0.39 is 5.54 Å². The Kier molecular flexibility index (Phi) is 19.8. The number of carbonyl (C=O) groups excluding carboxylic acids is 1. The molecule has 27 heteroatoms. The molecule has 580 valence electrons. The summed E-state index contributed by atoms with van der Waals surface area (Å²) in [4.78, 5) is 38.3. The highest BCUT2D eigenvalue weighted by Gasteiger charge is 2.64. The predicted molar refractivity (Wildman–Crippen MR) is 459 cm³/mol. The molecule has 19 nitrogen and oxygen atoms in total. The van der Waals surface area contributed by atoms with Gasteiger partial charge in [0.15, 0.2) is 23.3 Å². The van der Waals surface area contributed by atoms with Gasteiger partial charge in [0.05, 0.1) is 22.8 Å². The Morgan fingerprint density at radius 1 is 0.372 bits per heavy atom. The molecule has 4 aromatic carbocycles. The van der Waals surface area contributed by atoms with Crippen molar-refractivity contribution in [3.63, 3.8) is 0 Å². The number of benzene rings is 4. The lowest BCUT2D eigenvalue weighted by Crippen LogP contribution is -2.26.